The minimum Gasteiger partial charge on any atom is -0.438 e. The SMILES string of the molecule is C=CCNc1nc2[nH]c(=O)c3c(c2s1)OC(N)=C(C#N)C3c1c(F)cccc1Cl. The van der Waals surface area contributed by atoms with E-state index >= 15 is 0 Å². The predicted molar refractivity (Wildman–Crippen MR) is 110 cm³/mol. The van der Waals surface area contributed by atoms with E-state index in [4.69, 9.17) is 22.1 Å². The second kappa shape index (κ2) is 7.24. The monoisotopic (exact) mass is 429 g/mol. The lowest BCUT2D eigenvalue weighted by atomic mass is 9.84. The Kier molecular flexibility index (Phi) is 4.74. The molecule has 1 unspecified atom stereocenters. The van der Waals surface area contributed by atoms with Crippen molar-refractivity contribution in [1.29, 1.82) is 5.26 Å². The maximum absolute atomic E-state index is 14.7. The number of fused-ring (bicyclic) bond motifs is 3. The van der Waals surface area contributed by atoms with Gasteiger partial charge in [-0.1, -0.05) is 35.1 Å². The molecule has 0 amide bonds. The van der Waals surface area contributed by atoms with Crippen LogP contribution in [0.15, 0.2) is 47.1 Å². The van der Waals surface area contributed by atoms with Crippen LogP contribution in [0.1, 0.15) is 17.0 Å². The number of nitriles is 1. The third kappa shape index (κ3) is 3.03. The molecule has 0 aliphatic carbocycles. The van der Waals surface area contributed by atoms with Gasteiger partial charge in [-0.25, -0.2) is 9.37 Å². The largest absolute Gasteiger partial charge is 0.438 e. The number of pyridine rings is 1. The Morgan fingerprint density at radius 3 is 3.00 bits per heavy atom. The molecule has 0 spiro atoms. The Morgan fingerprint density at radius 2 is 2.31 bits per heavy atom. The Balaban J connectivity index is 2.03. The van der Waals surface area contributed by atoms with E-state index in [0.717, 1.165) is 0 Å². The second-order valence-corrected chi connectivity index (χ2v) is 7.53. The molecule has 3 aromatic rings. The summed E-state index contributed by atoms with van der Waals surface area (Å²) in [4.78, 5) is 19.9. The van der Waals surface area contributed by atoms with Crippen molar-refractivity contribution in [3.05, 3.63) is 74.6 Å². The van der Waals surface area contributed by atoms with Gasteiger partial charge in [0.25, 0.3) is 5.56 Å². The molecule has 10 heteroatoms. The van der Waals surface area contributed by atoms with Crippen molar-refractivity contribution < 1.29 is 9.13 Å². The fourth-order valence-electron chi connectivity index (χ4n) is 3.20. The zero-order valence-corrected chi connectivity index (χ0v) is 16.3. The molecule has 0 radical (unpaired) electrons. The van der Waals surface area contributed by atoms with Gasteiger partial charge in [0.05, 0.1) is 11.5 Å². The zero-order chi connectivity index (χ0) is 20.7. The van der Waals surface area contributed by atoms with Crippen LogP contribution in [0.25, 0.3) is 10.3 Å². The quantitative estimate of drug-likeness (QED) is 0.545. The average Bonchev–Trinajstić information content (AvgIpc) is 3.08. The zero-order valence-electron chi connectivity index (χ0n) is 14.8. The summed E-state index contributed by atoms with van der Waals surface area (Å²) in [6, 6.07) is 6.05. The minimum absolute atomic E-state index is 0.0161. The third-order valence-corrected chi connectivity index (χ3v) is 5.76. The van der Waals surface area contributed by atoms with Gasteiger partial charge in [-0.05, 0) is 12.1 Å². The predicted octanol–water partition coefficient (Wildman–Crippen LogP) is 3.59. The molecule has 0 fully saturated rings. The van der Waals surface area contributed by atoms with Crippen molar-refractivity contribution in [2.24, 2.45) is 5.73 Å². The van der Waals surface area contributed by atoms with Gasteiger partial charge in [0.2, 0.25) is 5.88 Å². The van der Waals surface area contributed by atoms with Crippen LogP contribution in [0.2, 0.25) is 5.02 Å². The lowest BCUT2D eigenvalue weighted by Gasteiger charge is -2.26. The molecule has 1 aliphatic heterocycles. The molecule has 1 aliphatic rings. The van der Waals surface area contributed by atoms with E-state index in [-0.39, 0.29) is 39.0 Å². The normalized spacial score (nSPS) is 15.6. The van der Waals surface area contributed by atoms with Gasteiger partial charge >= 0.3 is 0 Å². The molecule has 4 rings (SSSR count). The highest BCUT2D eigenvalue weighted by Crippen LogP contribution is 2.47. The maximum Gasteiger partial charge on any atom is 0.257 e. The van der Waals surface area contributed by atoms with Crippen LogP contribution in [0.5, 0.6) is 5.75 Å². The molecule has 4 N–H and O–H groups in total. The van der Waals surface area contributed by atoms with Gasteiger partial charge in [-0.3, -0.25) is 4.79 Å². The van der Waals surface area contributed by atoms with Gasteiger partial charge in [0, 0.05) is 17.1 Å². The first kappa shape index (κ1) is 19.0. The summed E-state index contributed by atoms with van der Waals surface area (Å²) in [7, 11) is 0. The number of aromatic nitrogens is 2. The number of allylic oxidation sites excluding steroid dienone is 1. The van der Waals surface area contributed by atoms with E-state index in [1.165, 1.54) is 29.5 Å². The first-order valence-electron chi connectivity index (χ1n) is 8.39. The molecular formula is C19H13ClFN5O2S. The molecular weight excluding hydrogens is 417 g/mol. The summed E-state index contributed by atoms with van der Waals surface area (Å²) in [5, 5.41) is 13.3. The van der Waals surface area contributed by atoms with Crippen LogP contribution in [0.3, 0.4) is 0 Å². The molecule has 146 valence electrons. The fraction of sp³-hybridized carbons (Fsp3) is 0.105. The number of aromatic amines is 1. The highest BCUT2D eigenvalue weighted by atomic mass is 35.5. The van der Waals surface area contributed by atoms with Crippen LogP contribution in [0, 0.1) is 17.1 Å². The molecule has 0 saturated heterocycles. The topological polar surface area (TPSA) is 117 Å². The van der Waals surface area contributed by atoms with Crippen LogP contribution in [-0.4, -0.2) is 16.5 Å². The Hall–Kier alpha value is -3.35. The van der Waals surface area contributed by atoms with Crippen LogP contribution >= 0.6 is 22.9 Å². The number of hydrogen-bond acceptors (Lipinski definition) is 7. The molecule has 1 atom stereocenters. The molecule has 0 saturated carbocycles. The first-order chi connectivity index (χ1) is 14.0. The maximum atomic E-state index is 14.7. The van der Waals surface area contributed by atoms with Crippen LogP contribution < -0.4 is 21.3 Å². The van der Waals surface area contributed by atoms with E-state index in [9.17, 15) is 14.4 Å². The third-order valence-electron chi connectivity index (χ3n) is 4.42. The number of halogens is 2. The smallest absolute Gasteiger partial charge is 0.257 e. The van der Waals surface area contributed by atoms with Gasteiger partial charge in [0.15, 0.2) is 16.5 Å². The number of thiazole rings is 1. The van der Waals surface area contributed by atoms with Gasteiger partial charge in [-0.15, -0.1) is 6.58 Å². The van der Waals surface area contributed by atoms with E-state index in [1.807, 2.05) is 6.07 Å². The number of rotatable bonds is 4. The number of ether oxygens (including phenoxy) is 1. The Bertz CT molecular complexity index is 1270. The number of H-pyrrole nitrogens is 1. The standard InChI is InChI=1S/C19H13ClFN5O2S/c1-2-6-24-19-26-17-15(29-19)14-13(18(27)25-17)11(8(7-22)16(23)28-14)12-9(20)4-3-5-10(12)21/h2-5,11H,1,6,23H2,(H2,24,25,26,27). The highest BCUT2D eigenvalue weighted by molar-refractivity contribution is 7.22. The first-order valence-corrected chi connectivity index (χ1v) is 9.58. The minimum atomic E-state index is -1.11. The second-order valence-electron chi connectivity index (χ2n) is 6.12. The van der Waals surface area contributed by atoms with Crippen molar-refractivity contribution in [3.63, 3.8) is 0 Å². The average molecular weight is 430 g/mol. The lowest BCUT2D eigenvalue weighted by molar-refractivity contribution is 0.396. The number of nitrogens with zero attached hydrogens (tertiary/aromatic N) is 2. The fourth-order valence-corrected chi connectivity index (χ4v) is 4.40. The van der Waals surface area contributed by atoms with Gasteiger partial charge < -0.3 is 20.8 Å². The van der Waals surface area contributed by atoms with E-state index in [1.54, 1.807) is 6.08 Å². The van der Waals surface area contributed by atoms with Crippen molar-refractivity contribution in [3.8, 4) is 11.8 Å². The number of anilines is 1. The summed E-state index contributed by atoms with van der Waals surface area (Å²) >= 11 is 7.46. The molecule has 7 nitrogen and oxygen atoms in total. The van der Waals surface area contributed by atoms with Gasteiger partial charge in [0.1, 0.15) is 22.2 Å². The summed E-state index contributed by atoms with van der Waals surface area (Å²) < 4.78 is 20.9. The molecule has 3 heterocycles. The van der Waals surface area contributed by atoms with Crippen molar-refractivity contribution in [2.45, 2.75) is 5.92 Å². The number of nitrogens with two attached hydrogens (primary N) is 1. The number of hydrogen-bond donors (Lipinski definition) is 3. The highest BCUT2D eigenvalue weighted by Gasteiger charge is 2.37. The van der Waals surface area contributed by atoms with Crippen molar-refractivity contribution >= 4 is 38.4 Å². The van der Waals surface area contributed by atoms with Crippen molar-refractivity contribution in [1.82, 2.24) is 9.97 Å². The van der Waals surface area contributed by atoms with Crippen LogP contribution in [0.4, 0.5) is 9.52 Å². The lowest BCUT2D eigenvalue weighted by Crippen LogP contribution is -2.28. The molecule has 0 bridgehead atoms. The van der Waals surface area contributed by atoms with E-state index in [0.29, 0.717) is 16.4 Å². The Labute approximate surface area is 172 Å². The number of nitrogens with one attached hydrogen (secondary N) is 2. The van der Waals surface area contributed by atoms with Gasteiger partial charge in [-0.2, -0.15) is 5.26 Å². The molecule has 2 aromatic heterocycles. The summed E-state index contributed by atoms with van der Waals surface area (Å²) in [6.45, 7) is 4.11. The van der Waals surface area contributed by atoms with Crippen LogP contribution in [-0.2, 0) is 0 Å². The van der Waals surface area contributed by atoms with Crippen molar-refractivity contribution in [2.75, 3.05) is 11.9 Å². The summed E-state index contributed by atoms with van der Waals surface area (Å²) in [6.07, 6.45) is 1.66. The molecule has 29 heavy (non-hydrogen) atoms. The van der Waals surface area contributed by atoms with E-state index in [2.05, 4.69) is 21.9 Å². The summed E-state index contributed by atoms with van der Waals surface area (Å²) in [5.74, 6) is -1.86. The number of benzene rings is 1. The summed E-state index contributed by atoms with van der Waals surface area (Å²) in [5.41, 5.74) is 5.63. The molecule has 1 aromatic carbocycles. The van der Waals surface area contributed by atoms with E-state index < -0.39 is 17.3 Å². The Morgan fingerprint density at radius 1 is 1.52 bits per heavy atom.